The standard InChI is InChI=1S/C18H24N2O3/c1-6-16(21)19-15-10-14-11-20(17(22)23-18(3,4)5)8-7-13(14)9-12(15)2/h6,9-10H,1,7-8,11H2,2-5H3,(H,19,21). The molecule has 2 rings (SSSR count). The molecular weight excluding hydrogens is 292 g/mol. The average Bonchev–Trinajstić information content (AvgIpc) is 2.45. The first kappa shape index (κ1) is 17.1. The number of nitrogens with one attached hydrogen (secondary N) is 1. The zero-order valence-corrected chi connectivity index (χ0v) is 14.2. The Labute approximate surface area is 137 Å². The van der Waals surface area contributed by atoms with Crippen molar-refractivity contribution in [2.75, 3.05) is 11.9 Å². The van der Waals surface area contributed by atoms with E-state index in [1.807, 2.05) is 33.8 Å². The highest BCUT2D eigenvalue weighted by molar-refractivity contribution is 5.99. The number of nitrogens with zero attached hydrogens (tertiary/aromatic N) is 1. The Morgan fingerprint density at radius 2 is 2.00 bits per heavy atom. The number of carbonyl (C=O) groups is 2. The van der Waals surface area contributed by atoms with Gasteiger partial charge in [0.05, 0.1) is 0 Å². The van der Waals surface area contributed by atoms with Crippen LogP contribution in [0, 0.1) is 6.92 Å². The lowest BCUT2D eigenvalue weighted by molar-refractivity contribution is -0.111. The zero-order valence-electron chi connectivity index (χ0n) is 14.2. The van der Waals surface area contributed by atoms with Crippen LogP contribution in [0.3, 0.4) is 0 Å². The van der Waals surface area contributed by atoms with Crippen molar-refractivity contribution in [3.8, 4) is 0 Å². The molecular formula is C18H24N2O3. The molecule has 0 fully saturated rings. The van der Waals surface area contributed by atoms with Crippen molar-refractivity contribution < 1.29 is 14.3 Å². The van der Waals surface area contributed by atoms with Gasteiger partial charge < -0.3 is 15.0 Å². The van der Waals surface area contributed by atoms with Gasteiger partial charge in [0, 0.05) is 18.8 Å². The van der Waals surface area contributed by atoms with Crippen LogP contribution in [0.1, 0.15) is 37.5 Å². The largest absolute Gasteiger partial charge is 0.444 e. The van der Waals surface area contributed by atoms with Crippen LogP contribution < -0.4 is 5.32 Å². The van der Waals surface area contributed by atoms with Gasteiger partial charge in [-0.05, 0) is 62.9 Å². The molecule has 0 aliphatic carbocycles. The van der Waals surface area contributed by atoms with E-state index in [0.29, 0.717) is 13.1 Å². The molecule has 0 saturated heterocycles. The Morgan fingerprint density at radius 1 is 1.30 bits per heavy atom. The quantitative estimate of drug-likeness (QED) is 0.851. The molecule has 0 aromatic heterocycles. The summed E-state index contributed by atoms with van der Waals surface area (Å²) in [6.45, 7) is 12.1. The predicted molar refractivity (Wildman–Crippen MR) is 90.4 cm³/mol. The summed E-state index contributed by atoms with van der Waals surface area (Å²) in [4.78, 5) is 25.4. The van der Waals surface area contributed by atoms with Crippen LogP contribution in [0.25, 0.3) is 0 Å². The highest BCUT2D eigenvalue weighted by Gasteiger charge is 2.26. The highest BCUT2D eigenvalue weighted by atomic mass is 16.6. The second-order valence-corrected chi connectivity index (χ2v) is 6.78. The van der Waals surface area contributed by atoms with Crippen molar-refractivity contribution >= 4 is 17.7 Å². The van der Waals surface area contributed by atoms with E-state index < -0.39 is 5.60 Å². The van der Waals surface area contributed by atoms with E-state index in [0.717, 1.165) is 23.2 Å². The maximum absolute atomic E-state index is 12.2. The van der Waals surface area contributed by atoms with Crippen LogP contribution in [0.2, 0.25) is 0 Å². The fourth-order valence-electron chi connectivity index (χ4n) is 2.53. The molecule has 0 atom stereocenters. The van der Waals surface area contributed by atoms with E-state index in [9.17, 15) is 9.59 Å². The van der Waals surface area contributed by atoms with Gasteiger partial charge >= 0.3 is 6.09 Å². The van der Waals surface area contributed by atoms with Crippen molar-refractivity contribution in [3.63, 3.8) is 0 Å². The first-order valence-electron chi connectivity index (χ1n) is 7.73. The van der Waals surface area contributed by atoms with Crippen molar-refractivity contribution in [2.45, 2.75) is 46.3 Å². The van der Waals surface area contributed by atoms with Crippen molar-refractivity contribution in [1.82, 2.24) is 4.90 Å². The second kappa shape index (κ2) is 6.44. The van der Waals surface area contributed by atoms with Gasteiger partial charge in [-0.2, -0.15) is 0 Å². The first-order valence-corrected chi connectivity index (χ1v) is 7.73. The molecule has 2 amide bonds. The summed E-state index contributed by atoms with van der Waals surface area (Å²) in [5, 5.41) is 2.80. The number of benzene rings is 1. The van der Waals surface area contributed by atoms with Gasteiger partial charge in [0.1, 0.15) is 5.60 Å². The molecule has 5 heteroatoms. The molecule has 1 aliphatic heterocycles. The third-order valence-electron chi connectivity index (χ3n) is 3.65. The molecule has 1 heterocycles. The van der Waals surface area contributed by atoms with Gasteiger partial charge in [0.25, 0.3) is 0 Å². The Kier molecular flexibility index (Phi) is 4.78. The Balaban J connectivity index is 2.19. The monoisotopic (exact) mass is 316 g/mol. The van der Waals surface area contributed by atoms with Crippen LogP contribution in [0.15, 0.2) is 24.8 Å². The molecule has 0 bridgehead atoms. The molecule has 124 valence electrons. The number of aryl methyl sites for hydroxylation is 1. The highest BCUT2D eigenvalue weighted by Crippen LogP contribution is 2.27. The lowest BCUT2D eigenvalue weighted by Gasteiger charge is -2.31. The fourth-order valence-corrected chi connectivity index (χ4v) is 2.53. The second-order valence-electron chi connectivity index (χ2n) is 6.78. The summed E-state index contributed by atoms with van der Waals surface area (Å²) in [6.07, 6.45) is 1.72. The van der Waals surface area contributed by atoms with E-state index in [-0.39, 0.29) is 12.0 Å². The van der Waals surface area contributed by atoms with Gasteiger partial charge in [-0.15, -0.1) is 0 Å². The lowest BCUT2D eigenvalue weighted by atomic mass is 9.96. The average molecular weight is 316 g/mol. The van der Waals surface area contributed by atoms with Crippen molar-refractivity contribution in [1.29, 1.82) is 0 Å². The van der Waals surface area contributed by atoms with Gasteiger partial charge in [-0.3, -0.25) is 4.79 Å². The minimum Gasteiger partial charge on any atom is -0.444 e. The van der Waals surface area contributed by atoms with Gasteiger partial charge in [-0.25, -0.2) is 4.79 Å². The Bertz CT molecular complexity index is 644. The van der Waals surface area contributed by atoms with E-state index in [2.05, 4.69) is 18.0 Å². The molecule has 1 N–H and O–H groups in total. The van der Waals surface area contributed by atoms with Gasteiger partial charge in [-0.1, -0.05) is 12.6 Å². The summed E-state index contributed by atoms with van der Waals surface area (Å²) in [5.74, 6) is -0.243. The van der Waals surface area contributed by atoms with E-state index in [1.54, 1.807) is 4.90 Å². The fraction of sp³-hybridized carbons (Fsp3) is 0.444. The summed E-state index contributed by atoms with van der Waals surface area (Å²) >= 11 is 0. The number of ether oxygens (including phenoxy) is 1. The maximum atomic E-state index is 12.2. The molecule has 0 spiro atoms. The van der Waals surface area contributed by atoms with Crippen LogP contribution in [-0.4, -0.2) is 29.0 Å². The Morgan fingerprint density at radius 3 is 2.61 bits per heavy atom. The molecule has 5 nitrogen and oxygen atoms in total. The van der Waals surface area contributed by atoms with E-state index in [1.165, 1.54) is 11.6 Å². The zero-order chi connectivity index (χ0) is 17.2. The smallest absolute Gasteiger partial charge is 0.410 e. The van der Waals surface area contributed by atoms with Crippen molar-refractivity contribution in [3.05, 3.63) is 41.5 Å². The maximum Gasteiger partial charge on any atom is 0.410 e. The van der Waals surface area contributed by atoms with E-state index >= 15 is 0 Å². The lowest BCUT2D eigenvalue weighted by Crippen LogP contribution is -2.40. The van der Waals surface area contributed by atoms with Gasteiger partial charge in [0.15, 0.2) is 0 Å². The molecule has 0 unspecified atom stereocenters. The number of anilines is 1. The summed E-state index contributed by atoms with van der Waals surface area (Å²) in [5.41, 5.74) is 3.49. The molecule has 23 heavy (non-hydrogen) atoms. The number of hydrogen-bond acceptors (Lipinski definition) is 3. The van der Waals surface area contributed by atoms with Crippen molar-refractivity contribution in [2.24, 2.45) is 0 Å². The number of fused-ring (bicyclic) bond motifs is 1. The summed E-state index contributed by atoms with van der Waals surface area (Å²) in [6, 6.07) is 4.00. The molecule has 1 aromatic rings. The normalized spacial score (nSPS) is 14.0. The minimum absolute atomic E-state index is 0.243. The first-order chi connectivity index (χ1) is 10.7. The summed E-state index contributed by atoms with van der Waals surface area (Å²) in [7, 11) is 0. The molecule has 1 aromatic carbocycles. The third kappa shape index (κ3) is 4.34. The van der Waals surface area contributed by atoms with Crippen LogP contribution >= 0.6 is 0 Å². The summed E-state index contributed by atoms with van der Waals surface area (Å²) < 4.78 is 5.43. The van der Waals surface area contributed by atoms with Crippen LogP contribution in [-0.2, 0) is 22.5 Å². The SMILES string of the molecule is C=CC(=O)Nc1cc2c(cc1C)CCN(C(=O)OC(C)(C)C)C2. The van der Waals surface area contributed by atoms with Crippen LogP contribution in [0.4, 0.5) is 10.5 Å². The number of rotatable bonds is 2. The van der Waals surface area contributed by atoms with Gasteiger partial charge in [0.2, 0.25) is 5.91 Å². The number of hydrogen-bond donors (Lipinski definition) is 1. The van der Waals surface area contributed by atoms with E-state index in [4.69, 9.17) is 4.74 Å². The number of carbonyl (C=O) groups excluding carboxylic acids is 2. The topological polar surface area (TPSA) is 58.6 Å². The molecule has 0 saturated carbocycles. The molecule has 1 aliphatic rings. The molecule has 0 radical (unpaired) electrons. The Hall–Kier alpha value is -2.30. The van der Waals surface area contributed by atoms with Crippen LogP contribution in [0.5, 0.6) is 0 Å². The predicted octanol–water partition coefficient (Wildman–Crippen LogP) is 3.41. The number of amides is 2. The minimum atomic E-state index is -0.506. The third-order valence-corrected chi connectivity index (χ3v) is 3.65.